The van der Waals surface area contributed by atoms with Crippen molar-refractivity contribution in [2.24, 2.45) is 4.99 Å². The van der Waals surface area contributed by atoms with Crippen molar-refractivity contribution in [1.82, 2.24) is 19.7 Å². The van der Waals surface area contributed by atoms with Gasteiger partial charge in [-0.2, -0.15) is 0 Å². The predicted octanol–water partition coefficient (Wildman–Crippen LogP) is 3.34. The number of fused-ring (bicyclic) bond motifs is 3. The molecule has 0 bridgehead atoms. The summed E-state index contributed by atoms with van der Waals surface area (Å²) in [5.41, 5.74) is 3.76. The van der Waals surface area contributed by atoms with Crippen molar-refractivity contribution in [1.29, 1.82) is 0 Å². The maximum atomic E-state index is 4.85. The van der Waals surface area contributed by atoms with E-state index < -0.39 is 0 Å². The standard InChI is InChI=1S/C16H12BrN5/c1-10-15-20-21-16(17)22(15)13-8-3-2-6-11(13)14(19-10)12-7-4-5-9-18-12/h2-10H,1H3. The Kier molecular flexibility index (Phi) is 3.11. The molecule has 1 aromatic carbocycles. The van der Waals surface area contributed by atoms with Crippen molar-refractivity contribution in [3.8, 4) is 5.69 Å². The zero-order valence-electron chi connectivity index (χ0n) is 11.8. The Hall–Kier alpha value is -2.34. The van der Waals surface area contributed by atoms with Crippen LogP contribution in [-0.2, 0) is 0 Å². The fraction of sp³-hybridized carbons (Fsp3) is 0.125. The average molecular weight is 354 g/mol. The van der Waals surface area contributed by atoms with Crippen LogP contribution in [0.15, 0.2) is 58.4 Å². The van der Waals surface area contributed by atoms with Crippen molar-refractivity contribution in [3.05, 3.63) is 70.5 Å². The van der Waals surface area contributed by atoms with E-state index >= 15 is 0 Å². The molecule has 0 radical (unpaired) electrons. The third kappa shape index (κ3) is 1.99. The first kappa shape index (κ1) is 13.3. The Labute approximate surface area is 135 Å². The van der Waals surface area contributed by atoms with Gasteiger partial charge in [-0.3, -0.25) is 14.5 Å². The van der Waals surface area contributed by atoms with Gasteiger partial charge in [0.15, 0.2) is 5.82 Å². The summed E-state index contributed by atoms with van der Waals surface area (Å²) in [5, 5.41) is 8.39. The number of benzene rings is 1. The van der Waals surface area contributed by atoms with Gasteiger partial charge < -0.3 is 0 Å². The largest absolute Gasteiger partial charge is 0.271 e. The zero-order valence-corrected chi connectivity index (χ0v) is 13.4. The van der Waals surface area contributed by atoms with Gasteiger partial charge in [0.1, 0.15) is 6.04 Å². The van der Waals surface area contributed by atoms with Crippen molar-refractivity contribution in [2.45, 2.75) is 13.0 Å². The van der Waals surface area contributed by atoms with Crippen LogP contribution in [0.2, 0.25) is 0 Å². The highest BCUT2D eigenvalue weighted by atomic mass is 79.9. The number of nitrogens with zero attached hydrogens (tertiary/aromatic N) is 5. The first-order valence-corrected chi connectivity index (χ1v) is 7.75. The fourth-order valence-electron chi connectivity index (χ4n) is 2.67. The molecule has 22 heavy (non-hydrogen) atoms. The van der Waals surface area contributed by atoms with Crippen molar-refractivity contribution in [3.63, 3.8) is 0 Å². The van der Waals surface area contributed by atoms with Gasteiger partial charge in [0.05, 0.1) is 17.1 Å². The van der Waals surface area contributed by atoms with E-state index in [4.69, 9.17) is 4.99 Å². The average Bonchev–Trinajstić information content (AvgIpc) is 2.89. The van der Waals surface area contributed by atoms with E-state index in [0.717, 1.165) is 28.5 Å². The molecule has 3 heterocycles. The Morgan fingerprint density at radius 2 is 1.86 bits per heavy atom. The molecule has 0 N–H and O–H groups in total. The first-order chi connectivity index (χ1) is 10.8. The number of hydrogen-bond donors (Lipinski definition) is 0. The van der Waals surface area contributed by atoms with Crippen molar-refractivity contribution >= 4 is 21.6 Å². The molecule has 0 fully saturated rings. The molecule has 5 nitrogen and oxygen atoms in total. The molecule has 108 valence electrons. The lowest BCUT2D eigenvalue weighted by atomic mass is 10.0. The highest BCUT2D eigenvalue weighted by Crippen LogP contribution is 2.31. The van der Waals surface area contributed by atoms with Gasteiger partial charge in [-0.15, -0.1) is 10.2 Å². The zero-order chi connectivity index (χ0) is 15.1. The molecule has 1 aliphatic heterocycles. The molecular weight excluding hydrogens is 342 g/mol. The third-order valence-corrected chi connectivity index (χ3v) is 4.17. The number of halogens is 1. The third-order valence-electron chi connectivity index (χ3n) is 3.65. The summed E-state index contributed by atoms with van der Waals surface area (Å²) in [7, 11) is 0. The second-order valence-electron chi connectivity index (χ2n) is 5.05. The fourth-order valence-corrected chi connectivity index (χ4v) is 3.12. The number of para-hydroxylation sites is 1. The number of hydrogen-bond acceptors (Lipinski definition) is 4. The highest BCUT2D eigenvalue weighted by Gasteiger charge is 2.26. The lowest BCUT2D eigenvalue weighted by molar-refractivity contribution is 0.722. The van der Waals surface area contributed by atoms with E-state index in [2.05, 4.69) is 37.2 Å². The number of aliphatic imine (C=N–C) groups is 1. The summed E-state index contributed by atoms with van der Waals surface area (Å²) < 4.78 is 2.68. The molecule has 3 aromatic rings. The summed E-state index contributed by atoms with van der Waals surface area (Å²) in [4.78, 5) is 9.31. The molecule has 1 aliphatic rings. The van der Waals surface area contributed by atoms with Crippen LogP contribution in [0.4, 0.5) is 0 Å². The van der Waals surface area contributed by atoms with Crippen LogP contribution in [-0.4, -0.2) is 25.5 Å². The Morgan fingerprint density at radius 3 is 2.68 bits per heavy atom. The van der Waals surface area contributed by atoms with E-state index in [1.165, 1.54) is 0 Å². The van der Waals surface area contributed by atoms with E-state index in [1.807, 2.05) is 47.9 Å². The van der Waals surface area contributed by atoms with Gasteiger partial charge >= 0.3 is 0 Å². The van der Waals surface area contributed by atoms with E-state index in [9.17, 15) is 0 Å². The summed E-state index contributed by atoms with van der Waals surface area (Å²) in [6.45, 7) is 2.02. The Balaban J connectivity index is 2.04. The highest BCUT2D eigenvalue weighted by molar-refractivity contribution is 9.10. The van der Waals surface area contributed by atoms with Gasteiger partial charge in [0.2, 0.25) is 4.73 Å². The maximum Gasteiger partial charge on any atom is 0.204 e. The lowest BCUT2D eigenvalue weighted by Crippen LogP contribution is -2.08. The normalized spacial score (nSPS) is 16.5. The minimum atomic E-state index is -0.108. The molecule has 0 amide bonds. The van der Waals surface area contributed by atoms with Gasteiger partial charge in [-0.25, -0.2) is 0 Å². The number of pyridine rings is 1. The Bertz CT molecular complexity index is 869. The summed E-state index contributed by atoms with van der Waals surface area (Å²) in [5.74, 6) is 0.810. The van der Waals surface area contributed by atoms with Gasteiger partial charge in [-0.05, 0) is 41.1 Å². The summed E-state index contributed by atoms with van der Waals surface area (Å²) >= 11 is 3.48. The van der Waals surface area contributed by atoms with Crippen LogP contribution in [0.3, 0.4) is 0 Å². The number of rotatable bonds is 1. The monoisotopic (exact) mass is 353 g/mol. The van der Waals surface area contributed by atoms with Gasteiger partial charge in [-0.1, -0.05) is 24.3 Å². The van der Waals surface area contributed by atoms with Crippen LogP contribution >= 0.6 is 15.9 Å². The number of aromatic nitrogens is 4. The van der Waals surface area contributed by atoms with Crippen molar-refractivity contribution < 1.29 is 0 Å². The molecule has 0 saturated heterocycles. The molecule has 1 unspecified atom stereocenters. The smallest absolute Gasteiger partial charge is 0.204 e. The van der Waals surface area contributed by atoms with E-state index in [-0.39, 0.29) is 6.04 Å². The minimum absolute atomic E-state index is 0.108. The van der Waals surface area contributed by atoms with E-state index in [0.29, 0.717) is 4.73 Å². The summed E-state index contributed by atoms with van der Waals surface area (Å²) in [6, 6.07) is 13.8. The Morgan fingerprint density at radius 1 is 1.05 bits per heavy atom. The SMILES string of the molecule is CC1N=C(c2ccccn2)c2ccccc2-n2c(Br)nnc21. The lowest BCUT2D eigenvalue weighted by Gasteiger charge is -2.10. The van der Waals surface area contributed by atoms with Crippen LogP contribution in [0.1, 0.15) is 30.0 Å². The van der Waals surface area contributed by atoms with Gasteiger partial charge in [0, 0.05) is 11.8 Å². The molecule has 0 aliphatic carbocycles. The molecule has 0 spiro atoms. The van der Waals surface area contributed by atoms with Crippen LogP contribution < -0.4 is 0 Å². The van der Waals surface area contributed by atoms with Crippen LogP contribution in [0.25, 0.3) is 5.69 Å². The summed E-state index contributed by atoms with van der Waals surface area (Å²) in [6.07, 6.45) is 1.78. The van der Waals surface area contributed by atoms with E-state index in [1.54, 1.807) is 6.20 Å². The maximum absolute atomic E-state index is 4.85. The predicted molar refractivity (Wildman–Crippen MR) is 87.4 cm³/mol. The molecule has 0 saturated carbocycles. The van der Waals surface area contributed by atoms with Crippen LogP contribution in [0.5, 0.6) is 0 Å². The molecule has 4 rings (SSSR count). The topological polar surface area (TPSA) is 56.0 Å². The van der Waals surface area contributed by atoms with Crippen LogP contribution in [0, 0.1) is 0 Å². The first-order valence-electron chi connectivity index (χ1n) is 6.95. The van der Waals surface area contributed by atoms with Gasteiger partial charge in [0.25, 0.3) is 0 Å². The second kappa shape index (κ2) is 5.14. The molecular formula is C16H12BrN5. The quantitative estimate of drug-likeness (QED) is 0.674. The molecule has 2 aromatic heterocycles. The van der Waals surface area contributed by atoms with Crippen molar-refractivity contribution in [2.75, 3.05) is 0 Å². The molecule has 1 atom stereocenters. The molecule has 6 heteroatoms. The minimum Gasteiger partial charge on any atom is -0.271 e. The second-order valence-corrected chi connectivity index (χ2v) is 5.76.